The third-order valence-electron chi connectivity index (χ3n) is 5.02. The largest absolute Gasteiger partial charge is 0.310 e. The van der Waals surface area contributed by atoms with E-state index in [0.29, 0.717) is 6.42 Å². The van der Waals surface area contributed by atoms with Gasteiger partial charge in [-0.1, -0.05) is 79.4 Å². The Kier molecular flexibility index (Phi) is 5.86. The smallest absolute Gasteiger partial charge is 0.159 e. The fraction of sp³-hybridized carbons (Fsp3) is 0.0357. The molecule has 146 valence electrons. The van der Waals surface area contributed by atoms with Gasteiger partial charge >= 0.3 is 0 Å². The summed E-state index contributed by atoms with van der Waals surface area (Å²) in [6.07, 6.45) is 1.73. The van der Waals surface area contributed by atoms with E-state index < -0.39 is 0 Å². The van der Waals surface area contributed by atoms with E-state index in [2.05, 4.69) is 84.3 Å². The highest BCUT2D eigenvalue weighted by atomic mass is 16.1. The second kappa shape index (κ2) is 9.06. The van der Waals surface area contributed by atoms with Gasteiger partial charge in [0.15, 0.2) is 5.78 Å². The SMILES string of the molecule is C=CC(=O)Cc1cccc(N(c2ccccc2)c2ccc(-c3ccccc3)cc2)c1. The van der Waals surface area contributed by atoms with E-state index in [1.165, 1.54) is 17.2 Å². The van der Waals surface area contributed by atoms with Crippen LogP contribution in [0.25, 0.3) is 11.1 Å². The third kappa shape index (κ3) is 4.39. The Bertz CT molecular complexity index is 1130. The van der Waals surface area contributed by atoms with Gasteiger partial charge in [0.05, 0.1) is 0 Å². The Morgan fingerprint density at radius 2 is 1.23 bits per heavy atom. The fourth-order valence-corrected chi connectivity index (χ4v) is 3.54. The van der Waals surface area contributed by atoms with Gasteiger partial charge in [0.1, 0.15) is 0 Å². The van der Waals surface area contributed by atoms with Gasteiger partial charge in [-0.15, -0.1) is 0 Å². The molecular weight excluding hydrogens is 366 g/mol. The topological polar surface area (TPSA) is 20.3 Å². The van der Waals surface area contributed by atoms with Crippen LogP contribution in [0.2, 0.25) is 0 Å². The Labute approximate surface area is 177 Å². The van der Waals surface area contributed by atoms with Crippen molar-refractivity contribution < 1.29 is 4.79 Å². The van der Waals surface area contributed by atoms with Crippen LogP contribution in [0, 0.1) is 0 Å². The van der Waals surface area contributed by atoms with Gasteiger partial charge in [-0.3, -0.25) is 4.79 Å². The number of hydrogen-bond acceptors (Lipinski definition) is 2. The van der Waals surface area contributed by atoms with E-state index in [4.69, 9.17) is 0 Å². The lowest BCUT2D eigenvalue weighted by atomic mass is 10.0. The average Bonchev–Trinajstić information content (AvgIpc) is 2.81. The van der Waals surface area contributed by atoms with Gasteiger partial charge < -0.3 is 4.90 Å². The minimum atomic E-state index is 0.0191. The van der Waals surface area contributed by atoms with Gasteiger partial charge in [-0.25, -0.2) is 0 Å². The zero-order valence-electron chi connectivity index (χ0n) is 16.7. The zero-order chi connectivity index (χ0) is 20.8. The number of benzene rings is 4. The minimum absolute atomic E-state index is 0.0191. The van der Waals surface area contributed by atoms with E-state index in [-0.39, 0.29) is 5.78 Å². The normalized spacial score (nSPS) is 10.4. The van der Waals surface area contributed by atoms with Crippen LogP contribution < -0.4 is 4.90 Å². The molecule has 0 amide bonds. The number of allylic oxidation sites excluding steroid dienone is 1. The molecule has 0 heterocycles. The van der Waals surface area contributed by atoms with E-state index >= 15 is 0 Å². The summed E-state index contributed by atoms with van der Waals surface area (Å²) in [5, 5.41) is 0. The van der Waals surface area contributed by atoms with Crippen LogP contribution in [-0.4, -0.2) is 5.78 Å². The molecule has 0 radical (unpaired) electrons. The Morgan fingerprint density at radius 1 is 0.667 bits per heavy atom. The molecule has 2 nitrogen and oxygen atoms in total. The summed E-state index contributed by atoms with van der Waals surface area (Å²) in [6.45, 7) is 3.58. The molecule has 0 aromatic heterocycles. The summed E-state index contributed by atoms with van der Waals surface area (Å²) in [5.41, 5.74) is 6.49. The molecule has 0 saturated carbocycles. The summed E-state index contributed by atoms with van der Waals surface area (Å²) in [7, 11) is 0. The Morgan fingerprint density at radius 3 is 1.90 bits per heavy atom. The standard InChI is InChI=1S/C28H23NO/c1-2-28(30)21-22-10-9-15-27(20-22)29(25-13-7-4-8-14-25)26-18-16-24(17-19-26)23-11-5-3-6-12-23/h2-20H,1,21H2. The summed E-state index contributed by atoms with van der Waals surface area (Å²) < 4.78 is 0. The van der Waals surface area contributed by atoms with E-state index in [1.807, 2.05) is 36.4 Å². The highest BCUT2D eigenvalue weighted by Crippen LogP contribution is 2.35. The van der Waals surface area contributed by atoms with Crippen LogP contribution in [0.15, 0.2) is 122 Å². The monoisotopic (exact) mass is 389 g/mol. The van der Waals surface area contributed by atoms with E-state index in [0.717, 1.165) is 22.6 Å². The molecule has 0 atom stereocenters. The van der Waals surface area contributed by atoms with Crippen molar-refractivity contribution in [1.29, 1.82) is 0 Å². The molecule has 0 bridgehead atoms. The van der Waals surface area contributed by atoms with Crippen molar-refractivity contribution in [3.8, 4) is 11.1 Å². The molecule has 4 rings (SSSR count). The van der Waals surface area contributed by atoms with Crippen molar-refractivity contribution >= 4 is 22.8 Å². The predicted molar refractivity (Wildman–Crippen MR) is 125 cm³/mol. The molecule has 0 aliphatic rings. The maximum atomic E-state index is 11.8. The maximum Gasteiger partial charge on any atom is 0.159 e. The number of anilines is 3. The number of carbonyl (C=O) groups is 1. The van der Waals surface area contributed by atoms with Crippen molar-refractivity contribution in [3.63, 3.8) is 0 Å². The molecule has 4 aromatic carbocycles. The number of carbonyl (C=O) groups excluding carboxylic acids is 1. The predicted octanol–water partition coefficient (Wildman–Crippen LogP) is 7.12. The Hall–Kier alpha value is -3.91. The van der Waals surface area contributed by atoms with Gasteiger partial charge in [0.2, 0.25) is 0 Å². The van der Waals surface area contributed by atoms with Gasteiger partial charge in [-0.2, -0.15) is 0 Å². The number of rotatable bonds is 7. The van der Waals surface area contributed by atoms with Crippen molar-refractivity contribution in [2.45, 2.75) is 6.42 Å². The van der Waals surface area contributed by atoms with Crippen LogP contribution in [-0.2, 0) is 11.2 Å². The van der Waals surface area contributed by atoms with Crippen LogP contribution in [0.3, 0.4) is 0 Å². The van der Waals surface area contributed by atoms with Crippen molar-refractivity contribution in [3.05, 3.63) is 127 Å². The molecule has 0 saturated heterocycles. The van der Waals surface area contributed by atoms with Crippen LogP contribution in [0.5, 0.6) is 0 Å². The van der Waals surface area contributed by atoms with E-state index in [9.17, 15) is 4.79 Å². The molecular formula is C28H23NO. The first-order valence-corrected chi connectivity index (χ1v) is 9.99. The van der Waals surface area contributed by atoms with E-state index in [1.54, 1.807) is 0 Å². The molecule has 2 heteroatoms. The molecule has 0 spiro atoms. The summed E-state index contributed by atoms with van der Waals surface area (Å²) >= 11 is 0. The molecule has 0 fully saturated rings. The minimum Gasteiger partial charge on any atom is -0.310 e. The first-order chi connectivity index (χ1) is 14.7. The molecule has 0 unspecified atom stereocenters. The second-order valence-electron chi connectivity index (χ2n) is 7.10. The van der Waals surface area contributed by atoms with Gasteiger partial charge in [0.25, 0.3) is 0 Å². The molecule has 0 aliphatic heterocycles. The molecule has 4 aromatic rings. The lowest BCUT2D eigenvalue weighted by molar-refractivity contribution is -0.114. The lowest BCUT2D eigenvalue weighted by Gasteiger charge is -2.26. The van der Waals surface area contributed by atoms with Crippen LogP contribution >= 0.6 is 0 Å². The van der Waals surface area contributed by atoms with Gasteiger partial charge in [-0.05, 0) is 59.2 Å². The van der Waals surface area contributed by atoms with Crippen LogP contribution in [0.4, 0.5) is 17.1 Å². The summed E-state index contributed by atoms with van der Waals surface area (Å²) in [6, 6.07) is 37.3. The van der Waals surface area contributed by atoms with Gasteiger partial charge in [0, 0.05) is 23.5 Å². The van der Waals surface area contributed by atoms with Crippen molar-refractivity contribution in [2.24, 2.45) is 0 Å². The molecule has 0 aliphatic carbocycles. The highest BCUT2D eigenvalue weighted by Gasteiger charge is 2.13. The molecule has 0 N–H and O–H groups in total. The second-order valence-corrected chi connectivity index (χ2v) is 7.10. The zero-order valence-corrected chi connectivity index (χ0v) is 16.7. The third-order valence-corrected chi connectivity index (χ3v) is 5.02. The highest BCUT2D eigenvalue weighted by molar-refractivity contribution is 5.91. The first-order valence-electron chi connectivity index (χ1n) is 9.99. The number of nitrogens with zero attached hydrogens (tertiary/aromatic N) is 1. The van der Waals surface area contributed by atoms with Crippen molar-refractivity contribution in [2.75, 3.05) is 4.90 Å². The number of para-hydroxylation sites is 1. The average molecular weight is 389 g/mol. The Balaban J connectivity index is 1.74. The number of ketones is 1. The first kappa shape index (κ1) is 19.4. The fourth-order valence-electron chi connectivity index (χ4n) is 3.54. The maximum absolute atomic E-state index is 11.8. The van der Waals surface area contributed by atoms with Crippen LogP contribution in [0.1, 0.15) is 5.56 Å². The number of hydrogen-bond donors (Lipinski definition) is 0. The summed E-state index contributed by atoms with van der Waals surface area (Å²) in [4.78, 5) is 14.0. The lowest BCUT2D eigenvalue weighted by Crippen LogP contribution is -2.10. The van der Waals surface area contributed by atoms with Crippen molar-refractivity contribution in [1.82, 2.24) is 0 Å². The molecule has 30 heavy (non-hydrogen) atoms. The summed E-state index contributed by atoms with van der Waals surface area (Å²) in [5.74, 6) is 0.0191. The quantitative estimate of drug-likeness (QED) is 0.314.